The molecule has 1 saturated heterocycles. The number of rotatable bonds is 7. The highest BCUT2D eigenvalue weighted by atomic mass is 32.2. The summed E-state index contributed by atoms with van der Waals surface area (Å²) >= 11 is 0. The molecule has 2 aromatic carbocycles. The van der Waals surface area contributed by atoms with Crippen molar-refractivity contribution in [2.75, 3.05) is 26.7 Å². The topological polar surface area (TPSA) is 74.4 Å². The van der Waals surface area contributed by atoms with E-state index in [0.29, 0.717) is 25.6 Å². The normalized spacial score (nSPS) is 19.1. The summed E-state index contributed by atoms with van der Waals surface area (Å²) in [5, 5.41) is 1.10. The number of para-hydroxylation sites is 1. The standard InChI is InChI=1S/C23H29N3O3S/c1-17-6-5-13-26(16-17)30(27,28)25-15-21(18-9-11-19(29-2)12-10-18)22-14-24-23-8-4-3-7-20(22)23/h3-4,7-12,14,17,21,24-25H,5-6,13,15-16H2,1-2H3. The van der Waals surface area contributed by atoms with E-state index >= 15 is 0 Å². The number of hydrogen-bond acceptors (Lipinski definition) is 3. The van der Waals surface area contributed by atoms with Crippen LogP contribution in [-0.4, -0.2) is 44.5 Å². The van der Waals surface area contributed by atoms with Gasteiger partial charge in [-0.25, -0.2) is 4.72 Å². The molecule has 6 nitrogen and oxygen atoms in total. The van der Waals surface area contributed by atoms with E-state index in [1.165, 1.54) is 0 Å². The first-order valence-corrected chi connectivity index (χ1v) is 11.9. The van der Waals surface area contributed by atoms with Crippen molar-refractivity contribution in [3.8, 4) is 5.75 Å². The third-order valence-electron chi connectivity index (χ3n) is 5.94. The Morgan fingerprint density at radius 2 is 1.97 bits per heavy atom. The molecule has 1 fully saturated rings. The van der Waals surface area contributed by atoms with E-state index in [0.717, 1.165) is 40.6 Å². The molecule has 1 aromatic heterocycles. The van der Waals surface area contributed by atoms with Crippen molar-refractivity contribution in [3.63, 3.8) is 0 Å². The van der Waals surface area contributed by atoms with Crippen molar-refractivity contribution >= 4 is 21.1 Å². The minimum atomic E-state index is -3.53. The third-order valence-corrected chi connectivity index (χ3v) is 7.49. The Balaban J connectivity index is 1.63. The van der Waals surface area contributed by atoms with Crippen molar-refractivity contribution in [1.82, 2.24) is 14.0 Å². The number of benzene rings is 2. The van der Waals surface area contributed by atoms with Crippen LogP contribution in [0.4, 0.5) is 0 Å². The van der Waals surface area contributed by atoms with Crippen molar-refractivity contribution in [1.29, 1.82) is 0 Å². The number of aromatic amines is 1. The van der Waals surface area contributed by atoms with Crippen LogP contribution in [0.15, 0.2) is 54.7 Å². The van der Waals surface area contributed by atoms with Crippen molar-refractivity contribution in [3.05, 3.63) is 65.9 Å². The number of fused-ring (bicyclic) bond motifs is 1. The minimum Gasteiger partial charge on any atom is -0.497 e. The number of hydrogen-bond donors (Lipinski definition) is 2. The third kappa shape index (κ3) is 4.38. The maximum absolute atomic E-state index is 13.0. The Bertz CT molecular complexity index is 1090. The van der Waals surface area contributed by atoms with Crippen LogP contribution in [0.2, 0.25) is 0 Å². The molecule has 0 aliphatic carbocycles. The Labute approximate surface area is 178 Å². The molecule has 2 heterocycles. The maximum atomic E-state index is 13.0. The van der Waals surface area contributed by atoms with Crippen molar-refractivity contribution in [2.45, 2.75) is 25.7 Å². The number of ether oxygens (including phenoxy) is 1. The van der Waals surface area contributed by atoms with Crippen LogP contribution in [-0.2, 0) is 10.2 Å². The molecule has 4 rings (SSSR count). The average molecular weight is 428 g/mol. The maximum Gasteiger partial charge on any atom is 0.279 e. The number of aromatic nitrogens is 1. The molecule has 2 unspecified atom stereocenters. The molecule has 2 N–H and O–H groups in total. The average Bonchev–Trinajstić information content (AvgIpc) is 3.18. The lowest BCUT2D eigenvalue weighted by Gasteiger charge is -2.30. The number of methoxy groups -OCH3 is 1. The molecular weight excluding hydrogens is 398 g/mol. The fourth-order valence-corrected chi connectivity index (χ4v) is 5.65. The SMILES string of the molecule is COc1ccc(C(CNS(=O)(=O)N2CCCC(C)C2)c2c[nH]c3ccccc23)cc1. The van der Waals surface area contributed by atoms with Gasteiger partial charge in [0.05, 0.1) is 7.11 Å². The predicted molar refractivity (Wildman–Crippen MR) is 120 cm³/mol. The van der Waals surface area contributed by atoms with Gasteiger partial charge in [-0.1, -0.05) is 37.3 Å². The monoisotopic (exact) mass is 427 g/mol. The second kappa shape index (κ2) is 8.79. The van der Waals surface area contributed by atoms with Gasteiger partial charge < -0.3 is 9.72 Å². The van der Waals surface area contributed by atoms with Gasteiger partial charge in [-0.15, -0.1) is 0 Å². The van der Waals surface area contributed by atoms with E-state index in [-0.39, 0.29) is 5.92 Å². The van der Waals surface area contributed by atoms with Gasteiger partial charge in [-0.3, -0.25) is 0 Å². The first-order chi connectivity index (χ1) is 14.5. The quantitative estimate of drug-likeness (QED) is 0.601. The first kappa shape index (κ1) is 20.9. The van der Waals surface area contributed by atoms with E-state index in [4.69, 9.17) is 4.74 Å². The molecule has 30 heavy (non-hydrogen) atoms. The molecule has 0 saturated carbocycles. The fourth-order valence-electron chi connectivity index (χ4n) is 4.27. The highest BCUT2D eigenvalue weighted by Crippen LogP contribution is 2.31. The van der Waals surface area contributed by atoms with E-state index in [1.807, 2.05) is 48.7 Å². The van der Waals surface area contributed by atoms with Crippen LogP contribution in [0.3, 0.4) is 0 Å². The molecule has 0 amide bonds. The van der Waals surface area contributed by atoms with Gasteiger partial charge in [0.2, 0.25) is 0 Å². The highest BCUT2D eigenvalue weighted by molar-refractivity contribution is 7.87. The zero-order chi connectivity index (χ0) is 21.1. The van der Waals surface area contributed by atoms with Crippen LogP contribution in [0, 0.1) is 5.92 Å². The molecule has 1 aliphatic rings. The first-order valence-electron chi connectivity index (χ1n) is 10.4. The van der Waals surface area contributed by atoms with Crippen LogP contribution in [0.5, 0.6) is 5.75 Å². The van der Waals surface area contributed by atoms with E-state index < -0.39 is 10.2 Å². The summed E-state index contributed by atoms with van der Waals surface area (Å²) < 4.78 is 35.7. The lowest BCUT2D eigenvalue weighted by Crippen LogP contribution is -2.46. The predicted octanol–water partition coefficient (Wildman–Crippen LogP) is 3.87. The van der Waals surface area contributed by atoms with E-state index in [2.05, 4.69) is 22.7 Å². The van der Waals surface area contributed by atoms with Gasteiger partial charge in [0.25, 0.3) is 10.2 Å². The number of nitrogens with zero attached hydrogens (tertiary/aromatic N) is 1. The van der Waals surface area contributed by atoms with Crippen molar-refractivity contribution in [2.24, 2.45) is 5.92 Å². The second-order valence-electron chi connectivity index (χ2n) is 8.07. The van der Waals surface area contributed by atoms with Gasteiger partial charge in [0.1, 0.15) is 5.75 Å². The summed E-state index contributed by atoms with van der Waals surface area (Å²) in [5.74, 6) is 1.05. The van der Waals surface area contributed by atoms with E-state index in [1.54, 1.807) is 11.4 Å². The number of nitrogens with one attached hydrogen (secondary N) is 2. The molecule has 0 bridgehead atoms. The van der Waals surface area contributed by atoms with Crippen LogP contribution in [0.1, 0.15) is 36.8 Å². The smallest absolute Gasteiger partial charge is 0.279 e. The lowest BCUT2D eigenvalue weighted by molar-refractivity contribution is 0.278. The summed E-state index contributed by atoms with van der Waals surface area (Å²) in [6, 6.07) is 15.9. The summed E-state index contributed by atoms with van der Waals surface area (Å²) in [6.07, 6.45) is 3.97. The Kier molecular flexibility index (Phi) is 6.13. The van der Waals surface area contributed by atoms with Crippen molar-refractivity contribution < 1.29 is 13.2 Å². The summed E-state index contributed by atoms with van der Waals surface area (Å²) in [7, 11) is -1.89. The summed E-state index contributed by atoms with van der Waals surface area (Å²) in [5.41, 5.74) is 3.15. The Hall–Kier alpha value is -2.35. The molecule has 160 valence electrons. The largest absolute Gasteiger partial charge is 0.497 e. The molecule has 0 radical (unpaired) electrons. The second-order valence-corrected chi connectivity index (χ2v) is 9.83. The zero-order valence-electron chi connectivity index (χ0n) is 17.5. The molecule has 7 heteroatoms. The van der Waals surface area contributed by atoms with E-state index in [9.17, 15) is 8.42 Å². The number of piperidine rings is 1. The van der Waals surface area contributed by atoms with Crippen LogP contribution in [0.25, 0.3) is 10.9 Å². The Morgan fingerprint density at radius 3 is 2.70 bits per heavy atom. The zero-order valence-corrected chi connectivity index (χ0v) is 18.3. The summed E-state index contributed by atoms with van der Waals surface area (Å²) in [6.45, 7) is 3.56. The lowest BCUT2D eigenvalue weighted by atomic mass is 9.91. The van der Waals surface area contributed by atoms with Gasteiger partial charge in [-0.05, 0) is 48.1 Å². The Morgan fingerprint density at radius 1 is 1.20 bits per heavy atom. The van der Waals surface area contributed by atoms with Crippen LogP contribution < -0.4 is 9.46 Å². The minimum absolute atomic E-state index is 0.121. The van der Waals surface area contributed by atoms with Gasteiger partial charge in [0, 0.05) is 42.7 Å². The molecule has 1 aliphatic heterocycles. The molecule has 2 atom stereocenters. The van der Waals surface area contributed by atoms with Gasteiger partial charge in [0.15, 0.2) is 0 Å². The highest BCUT2D eigenvalue weighted by Gasteiger charge is 2.28. The molecule has 3 aromatic rings. The fraction of sp³-hybridized carbons (Fsp3) is 0.391. The molecular formula is C23H29N3O3S. The van der Waals surface area contributed by atoms with Crippen LogP contribution >= 0.6 is 0 Å². The van der Waals surface area contributed by atoms with Gasteiger partial charge in [-0.2, -0.15) is 12.7 Å². The van der Waals surface area contributed by atoms with Gasteiger partial charge >= 0.3 is 0 Å². The summed E-state index contributed by atoms with van der Waals surface area (Å²) in [4.78, 5) is 3.31. The molecule has 0 spiro atoms. The number of H-pyrrole nitrogens is 1.